The quantitative estimate of drug-likeness (QED) is 0.779. The van der Waals surface area contributed by atoms with Gasteiger partial charge < -0.3 is 9.64 Å². The zero-order valence-corrected chi connectivity index (χ0v) is 13.6. The van der Waals surface area contributed by atoms with Crippen LogP contribution < -0.4 is 0 Å². The number of hydrogen-bond acceptors (Lipinski definition) is 4. The third-order valence-electron chi connectivity index (χ3n) is 5.84. The Bertz CT molecular complexity index is 373. The molecule has 0 N–H and O–H groups in total. The number of piperazine rings is 1. The van der Waals surface area contributed by atoms with Crippen LogP contribution in [0, 0.1) is 5.92 Å². The minimum absolute atomic E-state index is 0.0377. The van der Waals surface area contributed by atoms with E-state index < -0.39 is 0 Å². The standard InChI is InChI=1S/C17H30N2O2/c1-18-9-10-19(2)15(13-18)16(20)14-6-11-21-17(12-14)7-4-3-5-8-17/h14-15H,3-13H2,1-2H3. The fourth-order valence-corrected chi connectivity index (χ4v) is 4.40. The van der Waals surface area contributed by atoms with E-state index in [-0.39, 0.29) is 17.6 Å². The average Bonchev–Trinajstić information content (AvgIpc) is 2.50. The number of ketones is 1. The monoisotopic (exact) mass is 294 g/mol. The van der Waals surface area contributed by atoms with E-state index >= 15 is 0 Å². The molecule has 2 unspecified atom stereocenters. The van der Waals surface area contributed by atoms with Crippen molar-refractivity contribution >= 4 is 5.78 Å². The molecule has 0 radical (unpaired) electrons. The Labute approximate surface area is 128 Å². The van der Waals surface area contributed by atoms with Crippen molar-refractivity contribution in [2.24, 2.45) is 5.92 Å². The molecule has 2 atom stereocenters. The molecule has 1 spiro atoms. The maximum Gasteiger partial charge on any atom is 0.154 e. The summed E-state index contributed by atoms with van der Waals surface area (Å²) < 4.78 is 6.15. The lowest BCUT2D eigenvalue weighted by Crippen LogP contribution is -2.56. The maximum absolute atomic E-state index is 13.0. The fraction of sp³-hybridized carbons (Fsp3) is 0.941. The number of hydrogen-bond donors (Lipinski definition) is 0. The van der Waals surface area contributed by atoms with Gasteiger partial charge in [0.1, 0.15) is 0 Å². The zero-order chi connectivity index (χ0) is 14.9. The van der Waals surface area contributed by atoms with Crippen molar-refractivity contribution in [3.63, 3.8) is 0 Å². The third kappa shape index (κ3) is 3.33. The van der Waals surface area contributed by atoms with E-state index in [4.69, 9.17) is 4.74 Å². The Balaban J connectivity index is 1.66. The van der Waals surface area contributed by atoms with Gasteiger partial charge in [0, 0.05) is 32.2 Å². The first-order chi connectivity index (χ1) is 10.1. The highest BCUT2D eigenvalue weighted by molar-refractivity contribution is 5.86. The molecule has 21 heavy (non-hydrogen) atoms. The molecule has 2 saturated heterocycles. The molecule has 3 aliphatic rings. The molecule has 2 heterocycles. The number of nitrogens with zero attached hydrogens (tertiary/aromatic N) is 2. The summed E-state index contributed by atoms with van der Waals surface area (Å²) in [5.74, 6) is 0.688. The lowest BCUT2D eigenvalue weighted by Gasteiger charge is -2.45. The second-order valence-corrected chi connectivity index (χ2v) is 7.44. The minimum Gasteiger partial charge on any atom is -0.375 e. The average molecular weight is 294 g/mol. The van der Waals surface area contributed by atoms with Gasteiger partial charge >= 0.3 is 0 Å². The van der Waals surface area contributed by atoms with E-state index in [9.17, 15) is 4.79 Å². The summed E-state index contributed by atoms with van der Waals surface area (Å²) in [5, 5.41) is 0. The van der Waals surface area contributed by atoms with Crippen LogP contribution in [-0.2, 0) is 9.53 Å². The smallest absolute Gasteiger partial charge is 0.154 e. The molecule has 4 heteroatoms. The van der Waals surface area contributed by atoms with Gasteiger partial charge in [-0.15, -0.1) is 0 Å². The number of likely N-dealkylation sites (N-methyl/N-ethyl adjacent to an activating group) is 2. The molecule has 3 fully saturated rings. The molecule has 3 rings (SSSR count). The zero-order valence-electron chi connectivity index (χ0n) is 13.6. The summed E-state index contributed by atoms with van der Waals surface area (Å²) in [6, 6.07) is 0.0903. The second-order valence-electron chi connectivity index (χ2n) is 7.44. The van der Waals surface area contributed by atoms with Crippen molar-refractivity contribution in [2.45, 2.75) is 56.6 Å². The molecule has 2 aliphatic heterocycles. The predicted octanol–water partition coefficient (Wildman–Crippen LogP) is 1.93. The summed E-state index contributed by atoms with van der Waals surface area (Å²) >= 11 is 0. The molecular formula is C17H30N2O2. The summed E-state index contributed by atoms with van der Waals surface area (Å²) in [4.78, 5) is 17.6. The number of ether oxygens (including phenoxy) is 1. The van der Waals surface area contributed by atoms with E-state index in [2.05, 4.69) is 23.9 Å². The van der Waals surface area contributed by atoms with Gasteiger partial charge in [0.25, 0.3) is 0 Å². The lowest BCUT2D eigenvalue weighted by molar-refractivity contribution is -0.148. The molecular weight excluding hydrogens is 264 g/mol. The molecule has 0 amide bonds. The Morgan fingerprint density at radius 3 is 2.67 bits per heavy atom. The number of rotatable bonds is 2. The largest absolute Gasteiger partial charge is 0.375 e. The van der Waals surface area contributed by atoms with Gasteiger partial charge in [0.05, 0.1) is 11.6 Å². The Kier molecular flexibility index (Phi) is 4.67. The molecule has 0 aromatic heterocycles. The predicted molar refractivity (Wildman–Crippen MR) is 83.4 cm³/mol. The van der Waals surface area contributed by atoms with Crippen LogP contribution in [0.4, 0.5) is 0 Å². The summed E-state index contributed by atoms with van der Waals surface area (Å²) in [6.45, 7) is 3.74. The van der Waals surface area contributed by atoms with Gasteiger partial charge in [0.15, 0.2) is 5.78 Å². The first-order valence-electron chi connectivity index (χ1n) is 8.66. The van der Waals surface area contributed by atoms with Crippen molar-refractivity contribution in [2.75, 3.05) is 40.3 Å². The summed E-state index contributed by atoms with van der Waals surface area (Å²) in [5.41, 5.74) is 0.0377. The highest BCUT2D eigenvalue weighted by atomic mass is 16.5. The van der Waals surface area contributed by atoms with Crippen LogP contribution in [0.15, 0.2) is 0 Å². The van der Waals surface area contributed by atoms with Crippen LogP contribution in [0.2, 0.25) is 0 Å². The Hall–Kier alpha value is -0.450. The minimum atomic E-state index is 0.0377. The second kappa shape index (κ2) is 6.35. The molecule has 0 aromatic carbocycles. The van der Waals surface area contributed by atoms with Crippen LogP contribution in [-0.4, -0.2) is 67.6 Å². The molecule has 1 aliphatic carbocycles. The Morgan fingerprint density at radius 2 is 1.90 bits per heavy atom. The topological polar surface area (TPSA) is 32.8 Å². The number of carbonyl (C=O) groups is 1. The van der Waals surface area contributed by atoms with Crippen LogP contribution in [0.3, 0.4) is 0 Å². The molecule has 0 bridgehead atoms. The fourth-order valence-electron chi connectivity index (χ4n) is 4.40. The first kappa shape index (κ1) is 15.4. The normalized spacial score (nSPS) is 35.0. The van der Waals surface area contributed by atoms with E-state index in [0.29, 0.717) is 5.78 Å². The molecule has 120 valence electrons. The highest BCUT2D eigenvalue weighted by Gasteiger charge is 2.43. The van der Waals surface area contributed by atoms with E-state index in [1.165, 1.54) is 19.3 Å². The SMILES string of the molecule is CN1CCN(C)C(C(=O)C2CCOC3(CCCCC3)C2)C1. The molecule has 1 saturated carbocycles. The van der Waals surface area contributed by atoms with Crippen molar-refractivity contribution in [3.05, 3.63) is 0 Å². The van der Waals surface area contributed by atoms with Crippen LogP contribution in [0.5, 0.6) is 0 Å². The van der Waals surface area contributed by atoms with Crippen LogP contribution in [0.1, 0.15) is 44.9 Å². The van der Waals surface area contributed by atoms with Gasteiger partial charge in [-0.05, 0) is 39.8 Å². The summed E-state index contributed by atoms with van der Waals surface area (Å²) in [7, 11) is 4.23. The third-order valence-corrected chi connectivity index (χ3v) is 5.84. The van der Waals surface area contributed by atoms with Crippen molar-refractivity contribution in [1.82, 2.24) is 9.80 Å². The highest BCUT2D eigenvalue weighted by Crippen LogP contribution is 2.41. The van der Waals surface area contributed by atoms with Gasteiger partial charge in [-0.3, -0.25) is 9.69 Å². The summed E-state index contributed by atoms with van der Waals surface area (Å²) in [6.07, 6.45) is 8.10. The van der Waals surface area contributed by atoms with Gasteiger partial charge in [-0.2, -0.15) is 0 Å². The van der Waals surface area contributed by atoms with Crippen molar-refractivity contribution in [3.8, 4) is 0 Å². The van der Waals surface area contributed by atoms with E-state index in [0.717, 1.165) is 51.9 Å². The van der Waals surface area contributed by atoms with E-state index in [1.54, 1.807) is 0 Å². The number of Topliss-reactive ketones (excluding diaryl/α,β-unsaturated/α-hetero) is 1. The van der Waals surface area contributed by atoms with Crippen molar-refractivity contribution < 1.29 is 9.53 Å². The van der Waals surface area contributed by atoms with Crippen LogP contribution in [0.25, 0.3) is 0 Å². The van der Waals surface area contributed by atoms with Gasteiger partial charge in [0.2, 0.25) is 0 Å². The van der Waals surface area contributed by atoms with Crippen molar-refractivity contribution in [1.29, 1.82) is 0 Å². The van der Waals surface area contributed by atoms with E-state index in [1.807, 2.05) is 0 Å². The first-order valence-corrected chi connectivity index (χ1v) is 8.66. The van der Waals surface area contributed by atoms with Gasteiger partial charge in [-0.1, -0.05) is 19.3 Å². The molecule has 4 nitrogen and oxygen atoms in total. The van der Waals surface area contributed by atoms with Gasteiger partial charge in [-0.25, -0.2) is 0 Å². The molecule has 0 aromatic rings. The van der Waals surface area contributed by atoms with Crippen LogP contribution >= 0.6 is 0 Å². The lowest BCUT2D eigenvalue weighted by atomic mass is 9.74. The number of carbonyl (C=O) groups excluding carboxylic acids is 1. The maximum atomic E-state index is 13.0. The Morgan fingerprint density at radius 1 is 1.14 bits per heavy atom.